The van der Waals surface area contributed by atoms with Crippen molar-refractivity contribution in [2.45, 2.75) is 26.8 Å². The summed E-state index contributed by atoms with van der Waals surface area (Å²) in [6.07, 6.45) is 2.16. The first-order valence-electron chi connectivity index (χ1n) is 8.16. The van der Waals surface area contributed by atoms with Gasteiger partial charge in [0, 0.05) is 6.54 Å². The average Bonchev–Trinajstić information content (AvgIpc) is 3.13. The molecule has 0 saturated carbocycles. The van der Waals surface area contributed by atoms with Crippen molar-refractivity contribution in [1.82, 2.24) is 10.6 Å². The summed E-state index contributed by atoms with van der Waals surface area (Å²) >= 11 is 0. The Bertz CT molecular complexity index is 708. The number of amides is 2. The van der Waals surface area contributed by atoms with E-state index in [1.807, 2.05) is 24.3 Å². The minimum absolute atomic E-state index is 0.254. The van der Waals surface area contributed by atoms with Gasteiger partial charge < -0.3 is 19.8 Å². The molecule has 134 valence electrons. The summed E-state index contributed by atoms with van der Waals surface area (Å²) in [5, 5.41) is 5.54. The van der Waals surface area contributed by atoms with Crippen LogP contribution in [0, 0.1) is 5.41 Å². The summed E-state index contributed by atoms with van der Waals surface area (Å²) < 4.78 is 10.5. The van der Waals surface area contributed by atoms with E-state index in [1.54, 1.807) is 33.1 Å². The van der Waals surface area contributed by atoms with Gasteiger partial charge in [-0.1, -0.05) is 18.2 Å². The molecule has 6 heteroatoms. The van der Waals surface area contributed by atoms with Gasteiger partial charge in [-0.25, -0.2) is 0 Å². The second-order valence-corrected chi connectivity index (χ2v) is 6.20. The molecular formula is C19H24N2O4. The Morgan fingerprint density at radius 1 is 1.08 bits per heavy atom. The number of nitrogens with one attached hydrogen (secondary N) is 2. The van der Waals surface area contributed by atoms with Crippen molar-refractivity contribution in [3.05, 3.63) is 54.0 Å². The zero-order valence-corrected chi connectivity index (χ0v) is 14.8. The number of methoxy groups -OCH3 is 1. The van der Waals surface area contributed by atoms with Crippen LogP contribution in [0.3, 0.4) is 0 Å². The van der Waals surface area contributed by atoms with E-state index < -0.39 is 5.41 Å². The van der Waals surface area contributed by atoms with Crippen molar-refractivity contribution in [2.75, 3.05) is 13.7 Å². The molecule has 2 aromatic rings. The van der Waals surface area contributed by atoms with Crippen molar-refractivity contribution >= 4 is 11.8 Å². The van der Waals surface area contributed by atoms with Crippen molar-refractivity contribution in [1.29, 1.82) is 0 Å². The van der Waals surface area contributed by atoms with Crippen molar-refractivity contribution in [3.8, 4) is 5.75 Å². The number of benzene rings is 1. The molecule has 1 heterocycles. The van der Waals surface area contributed by atoms with Crippen LogP contribution < -0.4 is 15.4 Å². The van der Waals surface area contributed by atoms with Gasteiger partial charge in [-0.05, 0) is 44.0 Å². The van der Waals surface area contributed by atoms with Gasteiger partial charge in [-0.2, -0.15) is 0 Å². The number of furan rings is 1. The third-order valence-corrected chi connectivity index (χ3v) is 4.01. The molecule has 0 aliphatic carbocycles. The van der Waals surface area contributed by atoms with Gasteiger partial charge >= 0.3 is 0 Å². The van der Waals surface area contributed by atoms with E-state index in [9.17, 15) is 9.59 Å². The lowest BCUT2D eigenvalue weighted by Gasteiger charge is -2.22. The highest BCUT2D eigenvalue weighted by atomic mass is 16.5. The number of carbonyl (C=O) groups excluding carboxylic acids is 2. The standard InChI is InChI=1S/C19H24N2O4/c1-19(2,18(23)21-13-15-8-6-12-25-15)17(22)20-11-10-14-7-4-5-9-16(14)24-3/h4-9,12H,10-11,13H2,1-3H3,(H,20,22)(H,21,23). The second-order valence-electron chi connectivity index (χ2n) is 6.20. The van der Waals surface area contributed by atoms with Gasteiger partial charge in [-0.3, -0.25) is 9.59 Å². The van der Waals surface area contributed by atoms with Crippen LogP contribution in [0.5, 0.6) is 5.75 Å². The smallest absolute Gasteiger partial charge is 0.235 e. The van der Waals surface area contributed by atoms with Gasteiger partial charge in [0.1, 0.15) is 16.9 Å². The Labute approximate surface area is 147 Å². The van der Waals surface area contributed by atoms with E-state index in [2.05, 4.69) is 10.6 Å². The van der Waals surface area contributed by atoms with Crippen LogP contribution in [-0.2, 0) is 22.6 Å². The highest BCUT2D eigenvalue weighted by Gasteiger charge is 2.35. The van der Waals surface area contributed by atoms with Gasteiger partial charge in [0.2, 0.25) is 11.8 Å². The summed E-state index contributed by atoms with van der Waals surface area (Å²) in [5.41, 5.74) is -0.168. The van der Waals surface area contributed by atoms with Crippen LogP contribution in [0.15, 0.2) is 47.1 Å². The molecule has 0 aliphatic rings. The molecule has 0 unspecified atom stereocenters. The molecule has 1 aromatic carbocycles. The summed E-state index contributed by atoms with van der Waals surface area (Å²) in [6, 6.07) is 11.2. The number of hydrogen-bond acceptors (Lipinski definition) is 4. The fourth-order valence-corrected chi connectivity index (χ4v) is 2.35. The normalized spacial score (nSPS) is 11.0. The largest absolute Gasteiger partial charge is 0.496 e. The molecule has 2 rings (SSSR count). The zero-order valence-electron chi connectivity index (χ0n) is 14.8. The molecule has 0 spiro atoms. The SMILES string of the molecule is COc1ccccc1CCNC(=O)C(C)(C)C(=O)NCc1ccco1. The van der Waals surface area contributed by atoms with Crippen LogP contribution in [-0.4, -0.2) is 25.5 Å². The Morgan fingerprint density at radius 3 is 2.48 bits per heavy atom. The number of ether oxygens (including phenoxy) is 1. The molecule has 0 fully saturated rings. The maximum absolute atomic E-state index is 12.4. The summed E-state index contributed by atoms with van der Waals surface area (Å²) in [7, 11) is 1.61. The number of rotatable bonds is 8. The highest BCUT2D eigenvalue weighted by molar-refractivity contribution is 6.04. The predicted molar refractivity (Wildman–Crippen MR) is 94.0 cm³/mol. The average molecular weight is 344 g/mol. The highest BCUT2D eigenvalue weighted by Crippen LogP contribution is 2.18. The number of hydrogen-bond donors (Lipinski definition) is 2. The molecule has 2 amide bonds. The fourth-order valence-electron chi connectivity index (χ4n) is 2.35. The van der Waals surface area contributed by atoms with Crippen molar-refractivity contribution in [3.63, 3.8) is 0 Å². The minimum Gasteiger partial charge on any atom is -0.496 e. The molecule has 0 aliphatic heterocycles. The van der Waals surface area contributed by atoms with Gasteiger partial charge in [0.05, 0.1) is 19.9 Å². The number of carbonyl (C=O) groups is 2. The summed E-state index contributed by atoms with van der Waals surface area (Å²) in [5.74, 6) is 0.756. The summed E-state index contributed by atoms with van der Waals surface area (Å²) in [6.45, 7) is 3.88. The number of para-hydroxylation sites is 1. The molecule has 0 atom stereocenters. The van der Waals surface area contributed by atoms with E-state index >= 15 is 0 Å². The Hall–Kier alpha value is -2.76. The quantitative estimate of drug-likeness (QED) is 0.720. The predicted octanol–water partition coefficient (Wildman–Crippen LogP) is 2.29. The summed E-state index contributed by atoms with van der Waals surface area (Å²) in [4.78, 5) is 24.7. The minimum atomic E-state index is -1.17. The van der Waals surface area contributed by atoms with Gasteiger partial charge in [0.25, 0.3) is 0 Å². The van der Waals surface area contributed by atoms with E-state index in [0.29, 0.717) is 18.7 Å². The molecule has 1 aromatic heterocycles. The molecule has 0 bridgehead atoms. The third-order valence-electron chi connectivity index (χ3n) is 4.01. The second kappa shape index (κ2) is 8.37. The van der Waals surface area contributed by atoms with Gasteiger partial charge in [0.15, 0.2) is 0 Å². The van der Waals surface area contributed by atoms with Crippen molar-refractivity contribution in [2.24, 2.45) is 5.41 Å². The molecule has 25 heavy (non-hydrogen) atoms. The van der Waals surface area contributed by atoms with E-state index in [-0.39, 0.29) is 18.4 Å². The van der Waals surface area contributed by atoms with Crippen LogP contribution in [0.2, 0.25) is 0 Å². The first kappa shape index (κ1) is 18.6. The Balaban J connectivity index is 1.84. The Kier molecular flexibility index (Phi) is 6.22. The first-order valence-corrected chi connectivity index (χ1v) is 8.16. The van der Waals surface area contributed by atoms with Crippen LogP contribution >= 0.6 is 0 Å². The van der Waals surface area contributed by atoms with Gasteiger partial charge in [-0.15, -0.1) is 0 Å². The van der Waals surface area contributed by atoms with Crippen LogP contribution in [0.4, 0.5) is 0 Å². The third kappa shape index (κ3) is 4.86. The lowest BCUT2D eigenvalue weighted by molar-refractivity contribution is -0.141. The van der Waals surface area contributed by atoms with Crippen LogP contribution in [0.25, 0.3) is 0 Å². The fraction of sp³-hybridized carbons (Fsp3) is 0.368. The van der Waals surface area contributed by atoms with E-state index in [4.69, 9.17) is 9.15 Å². The van der Waals surface area contributed by atoms with Crippen LogP contribution in [0.1, 0.15) is 25.2 Å². The monoisotopic (exact) mass is 344 g/mol. The Morgan fingerprint density at radius 2 is 1.80 bits per heavy atom. The molecule has 6 nitrogen and oxygen atoms in total. The molecule has 2 N–H and O–H groups in total. The molecular weight excluding hydrogens is 320 g/mol. The zero-order chi connectivity index (χ0) is 18.3. The van der Waals surface area contributed by atoms with E-state index in [1.165, 1.54) is 6.26 Å². The van der Waals surface area contributed by atoms with E-state index in [0.717, 1.165) is 11.3 Å². The maximum Gasteiger partial charge on any atom is 0.235 e. The lowest BCUT2D eigenvalue weighted by atomic mass is 9.91. The van der Waals surface area contributed by atoms with Crippen molar-refractivity contribution < 1.29 is 18.7 Å². The topological polar surface area (TPSA) is 80.6 Å². The maximum atomic E-state index is 12.4. The molecule has 0 saturated heterocycles. The lowest BCUT2D eigenvalue weighted by Crippen LogP contribution is -2.48. The molecule has 0 radical (unpaired) electrons. The first-order chi connectivity index (χ1) is 11.9.